The van der Waals surface area contributed by atoms with E-state index >= 15 is 0 Å². The summed E-state index contributed by atoms with van der Waals surface area (Å²) in [4.78, 5) is 0. The Hall–Kier alpha value is -0.253. The van der Waals surface area contributed by atoms with Crippen LogP contribution < -0.4 is 0 Å². The maximum atomic E-state index is 9.56. The quantitative estimate of drug-likeness (QED) is 0.617. The molecule has 17 heavy (non-hydrogen) atoms. The molecule has 0 saturated heterocycles. The molecule has 0 fully saturated rings. The zero-order valence-corrected chi connectivity index (χ0v) is 12.8. The molecule has 0 aliphatic rings. The smallest absolute Gasteiger partial charge is 0.494 e. The fraction of sp³-hybridized carbons (Fsp3) is 0.667. The molecule has 0 unspecified atom stereocenters. The molecular weight excluding hydrogens is 278 g/mol. The first-order valence-electron chi connectivity index (χ1n) is 5.11. The van der Waals surface area contributed by atoms with Crippen molar-refractivity contribution in [3.63, 3.8) is 0 Å². The van der Waals surface area contributed by atoms with Crippen molar-refractivity contribution < 1.29 is 18.4 Å². The molecule has 0 spiro atoms. The van der Waals surface area contributed by atoms with Crippen molar-refractivity contribution in [2.45, 2.75) is 19.0 Å². The van der Waals surface area contributed by atoms with Gasteiger partial charge in [0.1, 0.15) is 0 Å². The molecule has 1 aromatic rings. The van der Waals surface area contributed by atoms with Crippen LogP contribution in [0.15, 0.2) is 5.38 Å². The minimum absolute atomic E-state index is 0.208. The first kappa shape index (κ1) is 14.8. The van der Waals surface area contributed by atoms with Crippen molar-refractivity contribution in [1.29, 1.82) is 0 Å². The third-order valence-electron chi connectivity index (χ3n) is 2.56. The number of nitrogens with zero attached hydrogens (tertiary/aromatic N) is 1. The van der Waals surface area contributed by atoms with Gasteiger partial charge in [-0.05, 0) is 18.6 Å². The van der Waals surface area contributed by atoms with Crippen molar-refractivity contribution in [2.75, 3.05) is 21.3 Å². The summed E-state index contributed by atoms with van der Waals surface area (Å²) in [6, 6.07) is 0.688. The highest BCUT2D eigenvalue weighted by Gasteiger charge is 2.36. The highest BCUT2D eigenvalue weighted by atomic mass is 32.1. The Morgan fingerprint density at radius 1 is 1.35 bits per heavy atom. The van der Waals surface area contributed by atoms with Gasteiger partial charge in [0.2, 0.25) is 5.88 Å². The molecule has 0 saturated carbocycles. The van der Waals surface area contributed by atoms with Crippen molar-refractivity contribution in [3.8, 4) is 5.88 Å². The van der Waals surface area contributed by atoms with Gasteiger partial charge in [-0.1, -0.05) is 0 Å². The molecule has 0 atom stereocenters. The summed E-state index contributed by atoms with van der Waals surface area (Å²) in [5, 5.41) is 11.2. The van der Waals surface area contributed by atoms with Gasteiger partial charge in [-0.3, -0.25) is 4.57 Å². The summed E-state index contributed by atoms with van der Waals surface area (Å²) in [5.41, 5.74) is 0. The van der Waals surface area contributed by atoms with Crippen LogP contribution in [0.4, 0.5) is 0 Å². The number of aromatic nitrogens is 1. The lowest BCUT2D eigenvalue weighted by atomic mass is 10.5. The normalized spacial score (nSPS) is 11.9. The first-order chi connectivity index (χ1) is 8.08. The molecule has 8 heteroatoms. The predicted octanol–water partition coefficient (Wildman–Crippen LogP) is 2.25. The van der Waals surface area contributed by atoms with Crippen LogP contribution >= 0.6 is 23.6 Å². The summed E-state index contributed by atoms with van der Waals surface area (Å²) in [7, 11) is 2.26. The molecule has 98 valence electrons. The van der Waals surface area contributed by atoms with Gasteiger partial charge in [0.15, 0.2) is 3.95 Å². The number of hydrogen-bond acceptors (Lipinski definition) is 6. The number of thiazole rings is 1. The van der Waals surface area contributed by atoms with Crippen molar-refractivity contribution in [2.24, 2.45) is 0 Å². The molecule has 5 nitrogen and oxygen atoms in total. The number of hydrogen-bond donors (Lipinski definition) is 1. The third kappa shape index (κ3) is 3.60. The summed E-state index contributed by atoms with van der Waals surface area (Å²) in [6.45, 7) is 0.638. The fourth-order valence-electron chi connectivity index (χ4n) is 1.54. The average molecular weight is 295 g/mol. The molecule has 0 aliphatic carbocycles. The lowest BCUT2D eigenvalue weighted by Gasteiger charge is -2.24. The van der Waals surface area contributed by atoms with E-state index in [1.807, 2.05) is 0 Å². The lowest BCUT2D eigenvalue weighted by molar-refractivity contribution is 0.122. The van der Waals surface area contributed by atoms with Gasteiger partial charge < -0.3 is 18.4 Å². The van der Waals surface area contributed by atoms with Crippen LogP contribution in [0, 0.1) is 3.95 Å². The molecule has 1 heterocycles. The van der Waals surface area contributed by atoms with Crippen LogP contribution in [0.25, 0.3) is 0 Å². The molecule has 0 aliphatic heterocycles. The monoisotopic (exact) mass is 295 g/mol. The van der Waals surface area contributed by atoms with Crippen molar-refractivity contribution in [3.05, 3.63) is 9.33 Å². The van der Waals surface area contributed by atoms with Gasteiger partial charge in [-0.15, -0.1) is 11.3 Å². The summed E-state index contributed by atoms with van der Waals surface area (Å²) in [5.74, 6) is 0.208. The van der Waals surface area contributed by atoms with E-state index in [0.717, 1.165) is 6.42 Å². The van der Waals surface area contributed by atoms with Gasteiger partial charge >= 0.3 is 8.80 Å². The van der Waals surface area contributed by atoms with Crippen LogP contribution in [-0.4, -0.2) is 39.8 Å². The molecule has 1 aromatic heterocycles. The first-order valence-corrected chi connectivity index (χ1v) is 8.33. The number of aromatic hydroxyl groups is 1. The summed E-state index contributed by atoms with van der Waals surface area (Å²) in [6.07, 6.45) is 0.778. The molecule has 0 bridgehead atoms. The zero-order chi connectivity index (χ0) is 12.9. The van der Waals surface area contributed by atoms with E-state index < -0.39 is 8.80 Å². The zero-order valence-electron chi connectivity index (χ0n) is 10.1. The maximum Gasteiger partial charge on any atom is 0.500 e. The van der Waals surface area contributed by atoms with Gasteiger partial charge in [0, 0.05) is 33.9 Å². The molecule has 0 aromatic carbocycles. The van der Waals surface area contributed by atoms with Crippen LogP contribution in [0.2, 0.25) is 6.04 Å². The van der Waals surface area contributed by atoms with Gasteiger partial charge in [0.25, 0.3) is 0 Å². The van der Waals surface area contributed by atoms with E-state index in [1.54, 1.807) is 31.3 Å². The van der Waals surface area contributed by atoms with E-state index in [2.05, 4.69) is 0 Å². The Bertz CT molecular complexity index is 394. The van der Waals surface area contributed by atoms with E-state index in [-0.39, 0.29) is 5.88 Å². The highest BCUT2D eigenvalue weighted by molar-refractivity contribution is 7.73. The molecule has 1 N–H and O–H groups in total. The standard InChI is InChI=1S/C9H17NO4S2Si/c1-12-17(13-2,14-3)6-4-5-10-8(11)7-16-9(10)15/h7,11H,4-6H2,1-3H3. The van der Waals surface area contributed by atoms with Gasteiger partial charge in [-0.25, -0.2) is 0 Å². The summed E-state index contributed by atoms with van der Waals surface area (Å²) < 4.78 is 18.3. The van der Waals surface area contributed by atoms with E-state index in [4.69, 9.17) is 25.5 Å². The minimum Gasteiger partial charge on any atom is -0.494 e. The Kier molecular flexibility index (Phi) is 5.76. The van der Waals surface area contributed by atoms with Crippen LogP contribution in [0.5, 0.6) is 5.88 Å². The second-order valence-corrected chi connectivity index (χ2v) is 8.00. The Morgan fingerprint density at radius 3 is 2.35 bits per heavy atom. The summed E-state index contributed by atoms with van der Waals surface area (Å²) >= 11 is 6.46. The van der Waals surface area contributed by atoms with E-state index in [9.17, 15) is 5.11 Å². The van der Waals surface area contributed by atoms with Crippen molar-refractivity contribution in [1.82, 2.24) is 4.57 Å². The molecule has 1 rings (SSSR count). The Balaban J connectivity index is 2.55. The van der Waals surface area contributed by atoms with Crippen LogP contribution in [0.1, 0.15) is 6.42 Å². The molecule has 0 radical (unpaired) electrons. The average Bonchev–Trinajstić information content (AvgIpc) is 2.66. The number of rotatable bonds is 7. The lowest BCUT2D eigenvalue weighted by Crippen LogP contribution is -2.42. The largest absolute Gasteiger partial charge is 0.500 e. The van der Waals surface area contributed by atoms with Crippen LogP contribution in [-0.2, 0) is 19.8 Å². The fourth-order valence-corrected chi connectivity index (χ4v) is 4.22. The van der Waals surface area contributed by atoms with Gasteiger partial charge in [0.05, 0.1) is 5.38 Å². The van der Waals surface area contributed by atoms with E-state index in [1.165, 1.54) is 11.3 Å². The minimum atomic E-state index is -2.51. The second kappa shape index (κ2) is 6.62. The SMILES string of the molecule is CO[Si](CCCn1c(O)csc1=S)(OC)OC. The van der Waals surface area contributed by atoms with Gasteiger partial charge in [-0.2, -0.15) is 0 Å². The predicted molar refractivity (Wildman–Crippen MR) is 71.0 cm³/mol. The van der Waals surface area contributed by atoms with E-state index in [0.29, 0.717) is 16.5 Å². The highest BCUT2D eigenvalue weighted by Crippen LogP contribution is 2.20. The molecular formula is C9H17NO4S2Si. The topological polar surface area (TPSA) is 52.9 Å². The molecule has 0 amide bonds. The Labute approximate surface area is 111 Å². The van der Waals surface area contributed by atoms with Crippen LogP contribution in [0.3, 0.4) is 0 Å². The third-order valence-corrected chi connectivity index (χ3v) is 6.65. The van der Waals surface area contributed by atoms with Crippen molar-refractivity contribution >= 4 is 32.4 Å². The second-order valence-electron chi connectivity index (χ2n) is 3.41. The maximum absolute atomic E-state index is 9.56. The Morgan fingerprint density at radius 2 is 1.94 bits per heavy atom.